The first-order chi connectivity index (χ1) is 56.8. The predicted molar refractivity (Wildman–Crippen MR) is 496 cm³/mol. The Bertz CT molecular complexity index is 8010. The Morgan fingerprint density at radius 3 is 0.913 bits per heavy atom. The number of benzene rings is 24. The zero-order valence-electron chi connectivity index (χ0n) is 63.8. The monoisotopic (exact) mass is 1450 g/mol. The van der Waals surface area contributed by atoms with Gasteiger partial charge in [-0.3, -0.25) is 0 Å². The maximum atomic E-state index is 2.46. The van der Waals surface area contributed by atoms with Crippen molar-refractivity contribution in [2.45, 2.75) is 19.3 Å². The number of fused-ring (bicyclic) bond motifs is 7. The van der Waals surface area contributed by atoms with E-state index >= 15 is 0 Å². The van der Waals surface area contributed by atoms with Crippen molar-refractivity contribution in [3.05, 3.63) is 424 Å². The molecule has 25 rings (SSSR count). The molecule has 534 valence electrons. The van der Waals surface area contributed by atoms with Crippen molar-refractivity contribution in [3.63, 3.8) is 0 Å². The highest BCUT2D eigenvalue weighted by atomic mass is 14.4. The lowest BCUT2D eigenvalue weighted by Crippen LogP contribution is -2.15. The van der Waals surface area contributed by atoms with E-state index in [0.717, 1.165) is 0 Å². The van der Waals surface area contributed by atoms with Gasteiger partial charge in [-0.2, -0.15) is 0 Å². The Morgan fingerprint density at radius 1 is 0.130 bits per heavy atom. The van der Waals surface area contributed by atoms with E-state index in [1.807, 2.05) is 0 Å². The fourth-order valence-corrected chi connectivity index (χ4v) is 19.9. The van der Waals surface area contributed by atoms with Crippen LogP contribution in [0.3, 0.4) is 0 Å². The van der Waals surface area contributed by atoms with Crippen molar-refractivity contribution < 1.29 is 0 Å². The van der Waals surface area contributed by atoms with E-state index in [4.69, 9.17) is 0 Å². The SMILES string of the molecule is CC1(C)c2cc(-c3cccc4ccccc34)ccc2-c2ccc(-c3ccc4ccc5cccc6ccc3c4c56)cc21.c1ccc(-c2ccc3ccc4c(-c5ccccc5)cc(-c5ccc6ccccc6c5)c5ccc2c3c45)cc1.c1ccc2cc(-c3ccc4ccc5c(-c6cccc7ccccc67)ccc6ccc3c4c65)ccc2c1. The van der Waals surface area contributed by atoms with Gasteiger partial charge in [-0.1, -0.05) is 396 Å². The van der Waals surface area contributed by atoms with Crippen LogP contribution in [-0.2, 0) is 5.41 Å². The molecule has 24 aromatic rings. The molecule has 0 unspecified atom stereocenters. The normalized spacial score (nSPS) is 12.5. The highest BCUT2D eigenvalue weighted by Gasteiger charge is 2.36. The molecule has 0 bridgehead atoms. The van der Waals surface area contributed by atoms with Gasteiger partial charge in [0.2, 0.25) is 0 Å². The van der Waals surface area contributed by atoms with Crippen LogP contribution in [-0.4, -0.2) is 0 Å². The summed E-state index contributed by atoms with van der Waals surface area (Å²) in [4.78, 5) is 0. The van der Waals surface area contributed by atoms with Crippen molar-refractivity contribution in [2.75, 3.05) is 0 Å². The van der Waals surface area contributed by atoms with E-state index in [1.54, 1.807) is 0 Å². The van der Waals surface area contributed by atoms with Gasteiger partial charge < -0.3 is 0 Å². The first-order valence-electron chi connectivity index (χ1n) is 40.2. The molecule has 0 atom stereocenters. The molecule has 0 fully saturated rings. The van der Waals surface area contributed by atoms with Crippen LogP contribution in [0.2, 0.25) is 0 Å². The molecule has 0 aliphatic heterocycles. The minimum absolute atomic E-state index is 0.0922. The van der Waals surface area contributed by atoms with Crippen LogP contribution in [0.25, 0.3) is 229 Å². The van der Waals surface area contributed by atoms with Crippen molar-refractivity contribution in [2.24, 2.45) is 0 Å². The Hall–Kier alpha value is -14.6. The van der Waals surface area contributed by atoms with Crippen LogP contribution in [0.5, 0.6) is 0 Å². The van der Waals surface area contributed by atoms with Gasteiger partial charge in [-0.05, 0) is 271 Å². The van der Waals surface area contributed by atoms with Gasteiger partial charge in [0.15, 0.2) is 0 Å². The molecule has 0 N–H and O–H groups in total. The van der Waals surface area contributed by atoms with Crippen LogP contribution in [0.15, 0.2) is 413 Å². The molecule has 0 heteroatoms. The highest BCUT2D eigenvalue weighted by Crippen LogP contribution is 2.53. The smallest absolute Gasteiger partial charge is 0.0159 e. The van der Waals surface area contributed by atoms with Crippen LogP contribution in [0, 0.1) is 0 Å². The van der Waals surface area contributed by atoms with Gasteiger partial charge in [0.1, 0.15) is 0 Å². The van der Waals surface area contributed by atoms with Gasteiger partial charge in [-0.25, -0.2) is 0 Å². The Morgan fingerprint density at radius 2 is 0.400 bits per heavy atom. The van der Waals surface area contributed by atoms with Crippen molar-refractivity contribution in [1.29, 1.82) is 0 Å². The van der Waals surface area contributed by atoms with Crippen molar-refractivity contribution in [1.82, 2.24) is 0 Å². The van der Waals surface area contributed by atoms with Crippen LogP contribution in [0.1, 0.15) is 25.0 Å². The molecule has 0 nitrogen and oxygen atoms in total. The zero-order chi connectivity index (χ0) is 76.0. The van der Waals surface area contributed by atoms with E-state index in [2.05, 4.69) is 426 Å². The summed E-state index contributed by atoms with van der Waals surface area (Å²) in [5, 5.41) is 34.1. The summed E-state index contributed by atoms with van der Waals surface area (Å²) in [7, 11) is 0. The van der Waals surface area contributed by atoms with E-state index < -0.39 is 0 Å². The van der Waals surface area contributed by atoms with Crippen molar-refractivity contribution >= 4 is 140 Å². The quantitative estimate of drug-likeness (QED) is 0.140. The molecule has 0 spiro atoms. The summed E-state index contributed by atoms with van der Waals surface area (Å²) in [6, 6.07) is 152. The molecule has 1 aliphatic rings. The molecule has 0 heterocycles. The minimum Gasteiger partial charge on any atom is -0.0622 e. The van der Waals surface area contributed by atoms with E-state index in [0.29, 0.717) is 0 Å². The third-order valence-electron chi connectivity index (χ3n) is 25.4. The molecule has 24 aromatic carbocycles. The minimum atomic E-state index is -0.0922. The van der Waals surface area contributed by atoms with Crippen LogP contribution in [0.4, 0.5) is 0 Å². The van der Waals surface area contributed by atoms with Gasteiger partial charge in [0, 0.05) is 5.41 Å². The molecule has 0 amide bonds. The first kappa shape index (κ1) is 66.2. The van der Waals surface area contributed by atoms with E-state index in [1.165, 1.54) is 240 Å². The third-order valence-corrected chi connectivity index (χ3v) is 25.4. The van der Waals surface area contributed by atoms with Gasteiger partial charge in [0.05, 0.1) is 0 Å². The Kier molecular flexibility index (Phi) is 15.1. The fourth-order valence-electron chi connectivity index (χ4n) is 19.9. The molecule has 0 saturated heterocycles. The summed E-state index contributed by atoms with van der Waals surface area (Å²) < 4.78 is 0. The average molecular weight is 1460 g/mol. The summed E-state index contributed by atoms with van der Waals surface area (Å²) in [6.45, 7) is 4.77. The second kappa shape index (κ2) is 26.3. The zero-order valence-corrected chi connectivity index (χ0v) is 63.8. The topological polar surface area (TPSA) is 0 Å². The molecule has 0 saturated carbocycles. The molecule has 0 aromatic heterocycles. The number of hydrogen-bond acceptors (Lipinski definition) is 0. The predicted octanol–water partition coefficient (Wildman–Crippen LogP) is 32.3. The van der Waals surface area contributed by atoms with Gasteiger partial charge in [-0.15, -0.1) is 0 Å². The van der Waals surface area contributed by atoms with E-state index in [9.17, 15) is 0 Å². The maximum absolute atomic E-state index is 2.46. The second-order valence-electron chi connectivity index (χ2n) is 32.0. The lowest BCUT2D eigenvalue weighted by Gasteiger charge is -2.23. The van der Waals surface area contributed by atoms with Crippen LogP contribution >= 0.6 is 0 Å². The fraction of sp³-hybridized carbons (Fsp3) is 0.0261. The average Bonchev–Trinajstić information content (AvgIpc) is 1.67. The molecular weight excluding hydrogens is 1380 g/mol. The number of hydrogen-bond donors (Lipinski definition) is 0. The summed E-state index contributed by atoms with van der Waals surface area (Å²) in [6.07, 6.45) is 0. The molecule has 0 radical (unpaired) electrons. The molecule has 115 heavy (non-hydrogen) atoms. The van der Waals surface area contributed by atoms with Gasteiger partial charge in [0.25, 0.3) is 0 Å². The summed E-state index contributed by atoms with van der Waals surface area (Å²) >= 11 is 0. The Labute approximate surface area is 667 Å². The van der Waals surface area contributed by atoms with E-state index in [-0.39, 0.29) is 5.41 Å². The highest BCUT2D eigenvalue weighted by molar-refractivity contribution is 6.32. The summed E-state index contributed by atoms with van der Waals surface area (Å²) in [5.41, 5.74) is 23.4. The molecular formula is C115H74. The Balaban J connectivity index is 0.000000102. The lowest BCUT2D eigenvalue weighted by molar-refractivity contribution is 0.661. The maximum Gasteiger partial charge on any atom is 0.0159 e. The second-order valence-corrected chi connectivity index (χ2v) is 32.0. The van der Waals surface area contributed by atoms with Crippen LogP contribution < -0.4 is 0 Å². The lowest BCUT2D eigenvalue weighted by atomic mass is 9.80. The standard InChI is InChI=1S/C41H28.C38H24.C36H22/c1-41(2)37-23-29(32-12-6-8-25-7-3-4-11-31(25)32)17-20-34(37)35-21-18-30(24-38(35)41)33-19-15-28-14-13-26-9-5-10-27-16-22-36(33)40(28)39(26)27;1-3-10-26(11-4-1)31-19-17-28-18-20-33-35(27-12-5-2-6-13-27)24-36(34-22-21-32(31)37(28)38(33)34)30-16-15-25-9-7-8-14-29(25)23-30;1-2-8-27-22-28(13-12-23(27)6-1)30-18-14-25-17-21-34-32(19-15-26-16-20-33(30)35(25)36(26)34)31-11-5-9-24-7-3-4-10-29(24)31/h3-24H,1-2H3;1-24H;1-22H. The molecule has 1 aliphatic carbocycles. The van der Waals surface area contributed by atoms with Crippen molar-refractivity contribution in [3.8, 4) is 89.0 Å². The number of rotatable bonds is 7. The first-order valence-corrected chi connectivity index (χ1v) is 40.2. The summed E-state index contributed by atoms with van der Waals surface area (Å²) in [5.74, 6) is 0. The largest absolute Gasteiger partial charge is 0.0622 e. The van der Waals surface area contributed by atoms with Gasteiger partial charge >= 0.3 is 0 Å². The third kappa shape index (κ3) is 10.7.